The molecule has 0 aromatic carbocycles. The molecule has 0 rings (SSSR count). The third-order valence-electron chi connectivity index (χ3n) is 13.3. The largest absolute Gasteiger partial charge is 0.462 e. The van der Waals surface area contributed by atoms with Crippen LogP contribution in [-0.2, 0) is 28.6 Å². The van der Waals surface area contributed by atoms with Crippen LogP contribution in [-0.4, -0.2) is 37.2 Å². The van der Waals surface area contributed by atoms with Crippen LogP contribution in [0.2, 0.25) is 0 Å². The highest BCUT2D eigenvalue weighted by Gasteiger charge is 2.19. The molecule has 446 valence electrons. The average molecular weight is 1090 g/mol. The first-order valence-electron chi connectivity index (χ1n) is 32.3. The van der Waals surface area contributed by atoms with E-state index >= 15 is 0 Å². The Kier molecular flexibility index (Phi) is 61.9. The van der Waals surface area contributed by atoms with Gasteiger partial charge < -0.3 is 14.2 Å². The van der Waals surface area contributed by atoms with Gasteiger partial charge >= 0.3 is 17.9 Å². The summed E-state index contributed by atoms with van der Waals surface area (Å²) in [7, 11) is 0. The van der Waals surface area contributed by atoms with Gasteiger partial charge in [0.2, 0.25) is 0 Å². The maximum atomic E-state index is 12.9. The molecule has 0 aliphatic heterocycles. The molecule has 0 bridgehead atoms. The zero-order valence-corrected chi connectivity index (χ0v) is 51.1. The standard InChI is InChI=1S/C73H118O6/c1-4-7-10-13-16-19-22-25-28-30-31-32-33-34-35-36-37-38-39-40-41-43-45-48-51-54-57-60-63-66-72(75)78-69-70(68-77-71(74)65-62-59-56-53-50-47-44-27-24-21-18-15-12-9-6-3)79-73(76)67-64-61-58-55-52-49-46-42-29-26-23-20-17-14-11-8-5-2/h7,9-10,12,16,18-19,21,25-29,31-32,34-35,37-38,44,50,53,59,62,70H,4-6,8,11,13-15,17,20,22-24,30,33,36,39-43,45-49,51-52,54-58,60-61,63-69H2,1-3H3/b10-7-,12-9-,19-16-,21-18-,28-25-,29-26-,32-31-,35-34-,38-37-,44-27-,53-50-,62-59-. The van der Waals surface area contributed by atoms with Crippen LogP contribution in [0.3, 0.4) is 0 Å². The lowest BCUT2D eigenvalue weighted by Gasteiger charge is -2.18. The molecule has 0 amide bonds. The zero-order chi connectivity index (χ0) is 57.1. The molecule has 0 aromatic rings. The number of ether oxygens (including phenoxy) is 3. The van der Waals surface area contributed by atoms with E-state index in [4.69, 9.17) is 14.2 Å². The topological polar surface area (TPSA) is 78.9 Å². The van der Waals surface area contributed by atoms with Crippen LogP contribution in [0.15, 0.2) is 146 Å². The van der Waals surface area contributed by atoms with E-state index < -0.39 is 12.1 Å². The highest BCUT2D eigenvalue weighted by molar-refractivity contribution is 5.72. The first kappa shape index (κ1) is 74.3. The first-order chi connectivity index (χ1) is 39.0. The third-order valence-corrected chi connectivity index (χ3v) is 13.3. The van der Waals surface area contributed by atoms with Crippen LogP contribution in [0.4, 0.5) is 0 Å². The summed E-state index contributed by atoms with van der Waals surface area (Å²) in [6.07, 6.45) is 94.5. The van der Waals surface area contributed by atoms with Crippen molar-refractivity contribution in [1.82, 2.24) is 0 Å². The van der Waals surface area contributed by atoms with E-state index in [2.05, 4.69) is 154 Å². The summed E-state index contributed by atoms with van der Waals surface area (Å²) in [5, 5.41) is 0. The van der Waals surface area contributed by atoms with Crippen molar-refractivity contribution in [2.45, 2.75) is 284 Å². The van der Waals surface area contributed by atoms with Crippen LogP contribution in [0.5, 0.6) is 0 Å². The molecule has 1 unspecified atom stereocenters. The number of allylic oxidation sites excluding steroid dienone is 23. The molecule has 0 saturated heterocycles. The Morgan fingerprint density at radius 1 is 0.278 bits per heavy atom. The van der Waals surface area contributed by atoms with Crippen molar-refractivity contribution in [3.63, 3.8) is 0 Å². The van der Waals surface area contributed by atoms with Gasteiger partial charge in [-0.1, -0.05) is 282 Å². The van der Waals surface area contributed by atoms with Crippen LogP contribution in [0.25, 0.3) is 0 Å². The molecule has 0 fully saturated rings. The van der Waals surface area contributed by atoms with E-state index in [0.29, 0.717) is 12.8 Å². The van der Waals surface area contributed by atoms with Crippen molar-refractivity contribution in [3.8, 4) is 0 Å². The monoisotopic (exact) mass is 1090 g/mol. The number of carbonyl (C=O) groups is 3. The SMILES string of the molecule is CC/C=C\C/C=C\C/C=C\C/C=C\C/C=C\C/C=C\CCCCCCCCCCCCC(=O)OCC(COC(=O)C/C=C\C/C=C\C/C=C\C/C=C\C/C=C\CC)OC(=O)CCCCCCCCC/C=C\CCCCCCCC. The minimum Gasteiger partial charge on any atom is -0.462 e. The second-order valence-electron chi connectivity index (χ2n) is 20.9. The molecule has 6 heteroatoms. The fourth-order valence-corrected chi connectivity index (χ4v) is 8.57. The second-order valence-corrected chi connectivity index (χ2v) is 20.9. The van der Waals surface area contributed by atoms with E-state index in [-0.39, 0.29) is 31.6 Å². The molecule has 0 aromatic heterocycles. The number of hydrogen-bond acceptors (Lipinski definition) is 6. The quantitative estimate of drug-likeness (QED) is 0.0261. The number of rotatable bonds is 57. The summed E-state index contributed by atoms with van der Waals surface area (Å²) in [5.41, 5.74) is 0. The first-order valence-corrected chi connectivity index (χ1v) is 32.3. The zero-order valence-electron chi connectivity index (χ0n) is 51.1. The Labute approximate surface area is 487 Å². The molecule has 6 nitrogen and oxygen atoms in total. The lowest BCUT2D eigenvalue weighted by Crippen LogP contribution is -2.30. The molecule has 1 atom stereocenters. The Hall–Kier alpha value is -4.71. The summed E-state index contributed by atoms with van der Waals surface area (Å²) in [5.74, 6) is -1.06. The van der Waals surface area contributed by atoms with Gasteiger partial charge in [0.15, 0.2) is 6.10 Å². The van der Waals surface area contributed by atoms with Gasteiger partial charge in [0, 0.05) is 12.8 Å². The van der Waals surface area contributed by atoms with Crippen molar-refractivity contribution >= 4 is 17.9 Å². The van der Waals surface area contributed by atoms with Crippen LogP contribution < -0.4 is 0 Å². The fraction of sp³-hybridized carbons (Fsp3) is 0.630. The van der Waals surface area contributed by atoms with Gasteiger partial charge in [-0.05, 0) is 122 Å². The summed E-state index contributed by atoms with van der Waals surface area (Å²) in [6.45, 7) is 6.32. The van der Waals surface area contributed by atoms with Gasteiger partial charge in [0.1, 0.15) is 13.2 Å². The van der Waals surface area contributed by atoms with Crippen molar-refractivity contribution in [3.05, 3.63) is 146 Å². The predicted octanol–water partition coefficient (Wildman–Crippen LogP) is 22.3. The van der Waals surface area contributed by atoms with Crippen molar-refractivity contribution in [2.24, 2.45) is 0 Å². The van der Waals surface area contributed by atoms with E-state index in [1.54, 1.807) is 6.08 Å². The smallest absolute Gasteiger partial charge is 0.309 e. The van der Waals surface area contributed by atoms with Gasteiger partial charge in [0.05, 0.1) is 6.42 Å². The molecule has 0 radical (unpaired) electrons. The number of unbranched alkanes of at least 4 members (excludes halogenated alkanes) is 23. The molecule has 0 spiro atoms. The number of hydrogen-bond donors (Lipinski definition) is 0. The van der Waals surface area contributed by atoms with Gasteiger partial charge in [-0.15, -0.1) is 0 Å². The van der Waals surface area contributed by atoms with E-state index in [1.807, 2.05) is 6.08 Å². The van der Waals surface area contributed by atoms with E-state index in [1.165, 1.54) is 122 Å². The van der Waals surface area contributed by atoms with Crippen LogP contribution in [0.1, 0.15) is 278 Å². The minimum absolute atomic E-state index is 0.116. The minimum atomic E-state index is -0.828. The van der Waals surface area contributed by atoms with Crippen molar-refractivity contribution in [1.29, 1.82) is 0 Å². The molecular formula is C73H118O6. The van der Waals surface area contributed by atoms with Gasteiger partial charge in [-0.2, -0.15) is 0 Å². The summed E-state index contributed by atoms with van der Waals surface area (Å²) in [4.78, 5) is 38.3. The van der Waals surface area contributed by atoms with Gasteiger partial charge in [0.25, 0.3) is 0 Å². The third kappa shape index (κ3) is 64.0. The fourth-order valence-electron chi connectivity index (χ4n) is 8.57. The predicted molar refractivity (Wildman–Crippen MR) is 343 cm³/mol. The highest BCUT2D eigenvalue weighted by Crippen LogP contribution is 2.15. The molecular weight excluding hydrogens is 973 g/mol. The van der Waals surface area contributed by atoms with Crippen LogP contribution >= 0.6 is 0 Å². The Bertz CT molecular complexity index is 1730. The Balaban J connectivity index is 4.40. The number of carbonyl (C=O) groups excluding carboxylic acids is 3. The number of esters is 3. The molecule has 0 heterocycles. The lowest BCUT2D eigenvalue weighted by atomic mass is 10.1. The normalized spacial score (nSPS) is 13.1. The molecule has 79 heavy (non-hydrogen) atoms. The summed E-state index contributed by atoms with van der Waals surface area (Å²) >= 11 is 0. The second kappa shape index (κ2) is 65.8. The summed E-state index contributed by atoms with van der Waals surface area (Å²) in [6, 6.07) is 0. The van der Waals surface area contributed by atoms with Crippen molar-refractivity contribution < 1.29 is 28.6 Å². The Morgan fingerprint density at radius 3 is 0.899 bits per heavy atom. The highest BCUT2D eigenvalue weighted by atomic mass is 16.6. The van der Waals surface area contributed by atoms with Gasteiger partial charge in [-0.25, -0.2) is 0 Å². The average Bonchev–Trinajstić information content (AvgIpc) is 3.45. The van der Waals surface area contributed by atoms with Crippen LogP contribution in [0, 0.1) is 0 Å². The molecule has 0 aliphatic carbocycles. The van der Waals surface area contributed by atoms with E-state index in [0.717, 1.165) is 116 Å². The van der Waals surface area contributed by atoms with E-state index in [9.17, 15) is 14.4 Å². The lowest BCUT2D eigenvalue weighted by molar-refractivity contribution is -0.166. The maximum Gasteiger partial charge on any atom is 0.309 e. The summed E-state index contributed by atoms with van der Waals surface area (Å²) < 4.78 is 16.8. The van der Waals surface area contributed by atoms with Gasteiger partial charge in [-0.3, -0.25) is 14.4 Å². The molecule has 0 N–H and O–H groups in total. The maximum absolute atomic E-state index is 12.9. The Morgan fingerprint density at radius 2 is 0.544 bits per heavy atom. The molecule has 0 aliphatic rings. The molecule has 0 saturated carbocycles. The van der Waals surface area contributed by atoms with Crippen molar-refractivity contribution in [2.75, 3.05) is 13.2 Å².